The van der Waals surface area contributed by atoms with Gasteiger partial charge in [0.1, 0.15) is 5.75 Å². The number of benzene rings is 1. The Bertz CT molecular complexity index is 547. The van der Waals surface area contributed by atoms with Crippen molar-refractivity contribution in [3.8, 4) is 5.75 Å². The lowest BCUT2D eigenvalue weighted by Crippen LogP contribution is -2.45. The van der Waals surface area contributed by atoms with E-state index in [9.17, 15) is 4.79 Å². The first-order valence-electron chi connectivity index (χ1n) is 9.53. The number of hydrogen-bond acceptors (Lipinski definition) is 4. The van der Waals surface area contributed by atoms with Crippen molar-refractivity contribution in [1.82, 2.24) is 10.6 Å². The van der Waals surface area contributed by atoms with Gasteiger partial charge in [-0.3, -0.25) is 4.79 Å². The van der Waals surface area contributed by atoms with Crippen LogP contribution in [0.5, 0.6) is 5.75 Å². The van der Waals surface area contributed by atoms with Crippen molar-refractivity contribution in [1.29, 1.82) is 0 Å². The second-order valence-electron chi connectivity index (χ2n) is 7.12. The van der Waals surface area contributed by atoms with Crippen LogP contribution in [-0.2, 0) is 14.9 Å². The Morgan fingerprint density at radius 1 is 1.32 bits per heavy atom. The second-order valence-corrected chi connectivity index (χ2v) is 7.12. The van der Waals surface area contributed by atoms with Gasteiger partial charge in [0, 0.05) is 37.6 Å². The van der Waals surface area contributed by atoms with Crippen molar-refractivity contribution < 1.29 is 14.3 Å². The third-order valence-corrected chi connectivity index (χ3v) is 5.45. The van der Waals surface area contributed by atoms with Crippen LogP contribution >= 0.6 is 0 Å². The van der Waals surface area contributed by atoms with Gasteiger partial charge in [0.15, 0.2) is 0 Å². The van der Waals surface area contributed by atoms with Gasteiger partial charge in [-0.15, -0.1) is 0 Å². The van der Waals surface area contributed by atoms with Crippen LogP contribution in [0.1, 0.15) is 44.6 Å². The van der Waals surface area contributed by atoms with Crippen molar-refractivity contribution in [2.75, 3.05) is 32.9 Å². The van der Waals surface area contributed by atoms with Crippen LogP contribution in [0.15, 0.2) is 24.3 Å². The van der Waals surface area contributed by atoms with Crippen LogP contribution in [0, 0.1) is 0 Å². The van der Waals surface area contributed by atoms with Crippen LogP contribution in [0.3, 0.4) is 0 Å². The van der Waals surface area contributed by atoms with Crippen molar-refractivity contribution >= 4 is 5.91 Å². The van der Waals surface area contributed by atoms with Crippen molar-refractivity contribution in [2.45, 2.75) is 50.5 Å². The molecule has 2 heterocycles. The fourth-order valence-electron chi connectivity index (χ4n) is 3.90. The Hall–Kier alpha value is -1.59. The third kappa shape index (κ3) is 4.73. The number of hydrogen-bond donors (Lipinski definition) is 2. The van der Waals surface area contributed by atoms with Gasteiger partial charge in [-0.25, -0.2) is 0 Å². The standard InChI is InChI=1S/C20H30N2O3/c1-2-25-18-7-5-16(6-8-18)20(9-12-24-13-10-20)15-22-19(23)14-17-4-3-11-21-17/h5-8,17,21H,2-4,9-15H2,1H3,(H,22,23). The average molecular weight is 346 g/mol. The molecule has 0 radical (unpaired) electrons. The van der Waals surface area contributed by atoms with Crippen LogP contribution in [-0.4, -0.2) is 44.9 Å². The van der Waals surface area contributed by atoms with Gasteiger partial charge in [0.25, 0.3) is 0 Å². The highest BCUT2D eigenvalue weighted by molar-refractivity contribution is 5.76. The monoisotopic (exact) mass is 346 g/mol. The molecule has 0 saturated carbocycles. The molecule has 0 spiro atoms. The van der Waals surface area contributed by atoms with E-state index in [0.717, 1.165) is 44.8 Å². The molecule has 2 saturated heterocycles. The molecule has 2 fully saturated rings. The minimum Gasteiger partial charge on any atom is -0.494 e. The van der Waals surface area contributed by atoms with Gasteiger partial charge >= 0.3 is 0 Å². The Labute approximate surface area is 150 Å². The SMILES string of the molecule is CCOc1ccc(C2(CNC(=O)CC3CCCN3)CCOCC2)cc1. The van der Waals surface area contributed by atoms with E-state index >= 15 is 0 Å². The molecule has 2 aliphatic rings. The van der Waals surface area contributed by atoms with Crippen molar-refractivity contribution in [2.24, 2.45) is 0 Å². The van der Waals surface area contributed by atoms with Gasteiger partial charge in [0.2, 0.25) is 5.91 Å². The van der Waals surface area contributed by atoms with Crippen LogP contribution in [0.25, 0.3) is 0 Å². The molecule has 5 heteroatoms. The molecule has 1 unspecified atom stereocenters. The number of carbonyl (C=O) groups is 1. The molecule has 1 atom stereocenters. The van der Waals surface area contributed by atoms with Crippen molar-refractivity contribution in [3.63, 3.8) is 0 Å². The fraction of sp³-hybridized carbons (Fsp3) is 0.650. The first-order valence-corrected chi connectivity index (χ1v) is 9.53. The summed E-state index contributed by atoms with van der Waals surface area (Å²) in [6, 6.07) is 8.68. The topological polar surface area (TPSA) is 59.6 Å². The molecule has 1 amide bonds. The molecule has 138 valence electrons. The van der Waals surface area contributed by atoms with E-state index < -0.39 is 0 Å². The van der Waals surface area contributed by atoms with E-state index in [4.69, 9.17) is 9.47 Å². The lowest BCUT2D eigenvalue weighted by molar-refractivity contribution is -0.122. The molecular formula is C20H30N2O3. The highest BCUT2D eigenvalue weighted by Gasteiger charge is 2.35. The number of carbonyl (C=O) groups excluding carboxylic acids is 1. The van der Waals surface area contributed by atoms with Crippen LogP contribution < -0.4 is 15.4 Å². The molecule has 2 N–H and O–H groups in total. The van der Waals surface area contributed by atoms with E-state index in [1.165, 1.54) is 12.0 Å². The molecule has 5 nitrogen and oxygen atoms in total. The van der Waals surface area contributed by atoms with Crippen molar-refractivity contribution in [3.05, 3.63) is 29.8 Å². The minimum atomic E-state index is -0.0399. The Morgan fingerprint density at radius 3 is 2.72 bits per heavy atom. The first kappa shape index (κ1) is 18.2. The van der Waals surface area contributed by atoms with Gasteiger partial charge < -0.3 is 20.1 Å². The first-order chi connectivity index (χ1) is 12.2. The number of ether oxygens (including phenoxy) is 2. The predicted molar refractivity (Wildman–Crippen MR) is 98.0 cm³/mol. The smallest absolute Gasteiger partial charge is 0.221 e. The Kier molecular flexibility index (Phi) is 6.32. The number of rotatable bonds is 7. The molecule has 3 rings (SSSR count). The largest absolute Gasteiger partial charge is 0.494 e. The van der Waals surface area contributed by atoms with E-state index in [-0.39, 0.29) is 11.3 Å². The molecule has 0 aromatic heterocycles. The van der Waals surface area contributed by atoms with Crippen LogP contribution in [0.4, 0.5) is 0 Å². The molecule has 2 aliphatic heterocycles. The average Bonchev–Trinajstić information content (AvgIpc) is 3.15. The maximum Gasteiger partial charge on any atom is 0.221 e. The van der Waals surface area contributed by atoms with Crippen LogP contribution in [0.2, 0.25) is 0 Å². The molecule has 0 aliphatic carbocycles. The summed E-state index contributed by atoms with van der Waals surface area (Å²) < 4.78 is 11.1. The maximum absolute atomic E-state index is 12.4. The Morgan fingerprint density at radius 2 is 2.08 bits per heavy atom. The summed E-state index contributed by atoms with van der Waals surface area (Å²) in [5.74, 6) is 1.04. The Balaban J connectivity index is 1.64. The zero-order valence-corrected chi connectivity index (χ0v) is 15.2. The fourth-order valence-corrected chi connectivity index (χ4v) is 3.90. The zero-order chi connectivity index (χ0) is 17.5. The van der Waals surface area contributed by atoms with E-state index in [0.29, 0.717) is 25.6 Å². The summed E-state index contributed by atoms with van der Waals surface area (Å²) in [6.07, 6.45) is 4.72. The second kappa shape index (κ2) is 8.68. The highest BCUT2D eigenvalue weighted by atomic mass is 16.5. The normalized spacial score (nSPS) is 22.5. The predicted octanol–water partition coefficient (Wildman–Crippen LogP) is 2.39. The summed E-state index contributed by atoms with van der Waals surface area (Å²) in [6.45, 7) is 5.86. The van der Waals surface area contributed by atoms with Gasteiger partial charge in [0.05, 0.1) is 6.61 Å². The summed E-state index contributed by atoms with van der Waals surface area (Å²) in [5, 5.41) is 6.58. The minimum absolute atomic E-state index is 0.0399. The third-order valence-electron chi connectivity index (χ3n) is 5.45. The zero-order valence-electron chi connectivity index (χ0n) is 15.2. The summed E-state index contributed by atoms with van der Waals surface area (Å²) >= 11 is 0. The number of nitrogens with one attached hydrogen (secondary N) is 2. The molecule has 25 heavy (non-hydrogen) atoms. The molecule has 0 bridgehead atoms. The molecule has 1 aromatic carbocycles. The summed E-state index contributed by atoms with van der Waals surface area (Å²) in [5.41, 5.74) is 1.22. The molecule has 1 aromatic rings. The van der Waals surface area contributed by atoms with E-state index in [1.807, 2.05) is 19.1 Å². The lowest BCUT2D eigenvalue weighted by atomic mass is 9.74. The lowest BCUT2D eigenvalue weighted by Gasteiger charge is -2.38. The van der Waals surface area contributed by atoms with Gasteiger partial charge in [-0.2, -0.15) is 0 Å². The summed E-state index contributed by atoms with van der Waals surface area (Å²) in [4.78, 5) is 12.4. The van der Waals surface area contributed by atoms with Gasteiger partial charge in [-0.1, -0.05) is 12.1 Å². The quantitative estimate of drug-likeness (QED) is 0.796. The highest BCUT2D eigenvalue weighted by Crippen LogP contribution is 2.35. The summed E-state index contributed by atoms with van der Waals surface area (Å²) in [7, 11) is 0. The van der Waals surface area contributed by atoms with Gasteiger partial charge in [-0.05, 0) is 56.8 Å². The van der Waals surface area contributed by atoms with E-state index in [1.54, 1.807) is 0 Å². The van der Waals surface area contributed by atoms with E-state index in [2.05, 4.69) is 22.8 Å². The molecular weight excluding hydrogens is 316 g/mol. The maximum atomic E-state index is 12.4. The number of amides is 1.